The lowest BCUT2D eigenvalue weighted by atomic mass is 10.0. The summed E-state index contributed by atoms with van der Waals surface area (Å²) in [5.41, 5.74) is -0.379. The number of aromatic nitrogens is 2. The zero-order chi connectivity index (χ0) is 14.6. The number of nitrogens with zero attached hydrogens (tertiary/aromatic N) is 2. The first-order valence-electron chi connectivity index (χ1n) is 6.02. The SMILES string of the molecule is CC(C)[C@@H](NC(=O)c1cnsn1)C(=O)OC(C)(C)C. The van der Waals surface area contributed by atoms with Crippen molar-refractivity contribution in [1.82, 2.24) is 14.1 Å². The molecule has 0 aliphatic carbocycles. The molecule has 0 aliphatic heterocycles. The summed E-state index contributed by atoms with van der Waals surface area (Å²) in [6, 6.07) is -0.701. The van der Waals surface area contributed by atoms with Crippen LogP contribution in [0.3, 0.4) is 0 Å². The van der Waals surface area contributed by atoms with E-state index in [1.807, 2.05) is 13.8 Å². The molecule has 0 saturated carbocycles. The zero-order valence-corrected chi connectivity index (χ0v) is 12.6. The lowest BCUT2D eigenvalue weighted by molar-refractivity contribution is -0.158. The van der Waals surface area contributed by atoms with Gasteiger partial charge in [0.05, 0.1) is 17.9 Å². The summed E-state index contributed by atoms with van der Waals surface area (Å²) in [5, 5.41) is 2.63. The third kappa shape index (κ3) is 4.94. The van der Waals surface area contributed by atoms with Gasteiger partial charge in [0.1, 0.15) is 11.6 Å². The van der Waals surface area contributed by atoms with Gasteiger partial charge in [0.15, 0.2) is 5.69 Å². The molecule has 0 aromatic carbocycles. The van der Waals surface area contributed by atoms with E-state index >= 15 is 0 Å². The van der Waals surface area contributed by atoms with Gasteiger partial charge in [-0.3, -0.25) is 4.79 Å². The van der Waals surface area contributed by atoms with Crippen LogP contribution in [0.25, 0.3) is 0 Å². The van der Waals surface area contributed by atoms with E-state index in [1.165, 1.54) is 6.20 Å². The van der Waals surface area contributed by atoms with Gasteiger partial charge in [-0.2, -0.15) is 8.75 Å². The summed E-state index contributed by atoms with van der Waals surface area (Å²) < 4.78 is 12.9. The molecule has 1 aromatic heterocycles. The number of hydrogen-bond acceptors (Lipinski definition) is 6. The minimum atomic E-state index is -0.701. The van der Waals surface area contributed by atoms with Gasteiger partial charge in [-0.05, 0) is 26.7 Å². The molecule has 1 rings (SSSR count). The summed E-state index contributed by atoms with van der Waals surface area (Å²) in [6.45, 7) is 9.04. The quantitative estimate of drug-likeness (QED) is 0.850. The Morgan fingerprint density at radius 3 is 2.42 bits per heavy atom. The summed E-state index contributed by atoms with van der Waals surface area (Å²) in [5.74, 6) is -0.942. The Balaban J connectivity index is 2.73. The fourth-order valence-electron chi connectivity index (χ4n) is 1.34. The maximum Gasteiger partial charge on any atom is 0.329 e. The van der Waals surface area contributed by atoms with Crippen LogP contribution in [0.1, 0.15) is 45.1 Å². The maximum absolute atomic E-state index is 12.0. The fraction of sp³-hybridized carbons (Fsp3) is 0.667. The van der Waals surface area contributed by atoms with Crippen molar-refractivity contribution in [1.29, 1.82) is 0 Å². The maximum atomic E-state index is 12.0. The second-order valence-corrected chi connectivity index (χ2v) is 6.08. The molecule has 7 heteroatoms. The largest absolute Gasteiger partial charge is 0.458 e. The van der Waals surface area contributed by atoms with Crippen LogP contribution in [-0.4, -0.2) is 32.3 Å². The Labute approximate surface area is 116 Å². The number of esters is 1. The molecule has 0 spiro atoms. The first-order valence-corrected chi connectivity index (χ1v) is 6.75. The van der Waals surface area contributed by atoms with Crippen molar-refractivity contribution >= 4 is 23.6 Å². The Morgan fingerprint density at radius 2 is 2.00 bits per heavy atom. The number of carbonyl (C=O) groups is 2. The number of nitrogens with one attached hydrogen (secondary N) is 1. The van der Waals surface area contributed by atoms with Crippen LogP contribution in [0.4, 0.5) is 0 Å². The predicted octanol–water partition coefficient (Wildman–Crippen LogP) is 1.63. The number of ether oxygens (including phenoxy) is 1. The van der Waals surface area contributed by atoms with Crippen LogP contribution in [0.15, 0.2) is 6.20 Å². The third-order valence-corrected chi connectivity index (χ3v) is 2.69. The van der Waals surface area contributed by atoms with Gasteiger partial charge < -0.3 is 10.1 Å². The van der Waals surface area contributed by atoms with E-state index in [2.05, 4.69) is 14.1 Å². The molecule has 19 heavy (non-hydrogen) atoms. The van der Waals surface area contributed by atoms with Gasteiger partial charge in [0.25, 0.3) is 5.91 Å². The van der Waals surface area contributed by atoms with Crippen LogP contribution in [0, 0.1) is 5.92 Å². The fourth-order valence-corrected chi connectivity index (χ4v) is 1.76. The highest BCUT2D eigenvalue weighted by Gasteiger charge is 2.29. The molecule has 0 fully saturated rings. The standard InChI is InChI=1S/C12H19N3O3S/c1-7(2)9(11(17)18-12(3,4)5)14-10(16)8-6-13-19-15-8/h6-7,9H,1-5H3,(H,14,16)/t9-/m1/s1. The molecule has 1 heterocycles. The minimum absolute atomic E-state index is 0.0783. The molecule has 0 unspecified atom stereocenters. The van der Waals surface area contributed by atoms with Gasteiger partial charge in [-0.25, -0.2) is 4.79 Å². The van der Waals surface area contributed by atoms with Gasteiger partial charge in [0.2, 0.25) is 0 Å². The predicted molar refractivity (Wildman–Crippen MR) is 71.8 cm³/mol. The molecule has 1 atom stereocenters. The van der Waals surface area contributed by atoms with Crippen molar-refractivity contribution in [2.45, 2.75) is 46.3 Å². The highest BCUT2D eigenvalue weighted by Crippen LogP contribution is 2.12. The second-order valence-electron chi connectivity index (χ2n) is 5.52. The summed E-state index contributed by atoms with van der Waals surface area (Å²) >= 11 is 0.945. The lowest BCUT2D eigenvalue weighted by Crippen LogP contribution is -2.47. The van der Waals surface area contributed by atoms with E-state index in [-0.39, 0.29) is 11.6 Å². The monoisotopic (exact) mass is 285 g/mol. The highest BCUT2D eigenvalue weighted by atomic mass is 32.1. The average Bonchev–Trinajstić information content (AvgIpc) is 2.75. The molecule has 0 saturated heterocycles. The smallest absolute Gasteiger partial charge is 0.329 e. The van der Waals surface area contributed by atoms with Crippen molar-refractivity contribution < 1.29 is 14.3 Å². The number of amides is 1. The molecular formula is C12H19N3O3S. The number of carbonyl (C=O) groups excluding carboxylic acids is 2. The van der Waals surface area contributed by atoms with E-state index in [1.54, 1.807) is 20.8 Å². The van der Waals surface area contributed by atoms with Gasteiger partial charge in [0, 0.05) is 0 Å². The molecule has 6 nitrogen and oxygen atoms in total. The highest BCUT2D eigenvalue weighted by molar-refractivity contribution is 6.99. The molecule has 106 valence electrons. The van der Waals surface area contributed by atoms with Gasteiger partial charge in [-0.15, -0.1) is 0 Å². The van der Waals surface area contributed by atoms with Gasteiger partial charge >= 0.3 is 5.97 Å². The van der Waals surface area contributed by atoms with Crippen molar-refractivity contribution in [3.8, 4) is 0 Å². The van der Waals surface area contributed by atoms with E-state index in [0.717, 1.165) is 11.7 Å². The van der Waals surface area contributed by atoms with Crippen LogP contribution in [0.2, 0.25) is 0 Å². The van der Waals surface area contributed by atoms with Crippen LogP contribution >= 0.6 is 11.7 Å². The van der Waals surface area contributed by atoms with Crippen molar-refractivity contribution in [2.75, 3.05) is 0 Å². The molecule has 1 amide bonds. The number of hydrogen-bond donors (Lipinski definition) is 1. The molecular weight excluding hydrogens is 266 g/mol. The summed E-state index contributed by atoms with van der Waals surface area (Å²) in [7, 11) is 0. The average molecular weight is 285 g/mol. The Hall–Kier alpha value is -1.50. The van der Waals surface area contributed by atoms with E-state index < -0.39 is 23.5 Å². The molecule has 0 aliphatic rings. The number of rotatable bonds is 4. The van der Waals surface area contributed by atoms with E-state index in [0.29, 0.717) is 0 Å². The van der Waals surface area contributed by atoms with E-state index in [4.69, 9.17) is 4.74 Å². The molecule has 0 bridgehead atoms. The Morgan fingerprint density at radius 1 is 1.37 bits per heavy atom. The van der Waals surface area contributed by atoms with Crippen molar-refractivity contribution in [3.63, 3.8) is 0 Å². The molecule has 1 aromatic rings. The van der Waals surface area contributed by atoms with Crippen LogP contribution in [-0.2, 0) is 9.53 Å². The van der Waals surface area contributed by atoms with Crippen LogP contribution < -0.4 is 5.32 Å². The zero-order valence-electron chi connectivity index (χ0n) is 11.8. The van der Waals surface area contributed by atoms with Crippen molar-refractivity contribution in [3.05, 3.63) is 11.9 Å². The summed E-state index contributed by atoms with van der Waals surface area (Å²) in [6.07, 6.45) is 1.37. The summed E-state index contributed by atoms with van der Waals surface area (Å²) in [4.78, 5) is 23.9. The van der Waals surface area contributed by atoms with Crippen molar-refractivity contribution in [2.24, 2.45) is 5.92 Å². The molecule has 0 radical (unpaired) electrons. The van der Waals surface area contributed by atoms with Gasteiger partial charge in [-0.1, -0.05) is 13.8 Å². The Kier molecular flexibility index (Phi) is 4.99. The second kappa shape index (κ2) is 6.10. The lowest BCUT2D eigenvalue weighted by Gasteiger charge is -2.26. The normalized spacial score (nSPS) is 13.2. The van der Waals surface area contributed by atoms with E-state index in [9.17, 15) is 9.59 Å². The topological polar surface area (TPSA) is 81.2 Å². The van der Waals surface area contributed by atoms with Crippen LogP contribution in [0.5, 0.6) is 0 Å². The first-order chi connectivity index (χ1) is 8.70. The molecule has 1 N–H and O–H groups in total. The first kappa shape index (κ1) is 15.6. The minimum Gasteiger partial charge on any atom is -0.458 e. The Bertz CT molecular complexity index is 438. The third-order valence-electron chi connectivity index (χ3n) is 2.21.